The molecule has 0 unspecified atom stereocenters. The summed E-state index contributed by atoms with van der Waals surface area (Å²) < 4.78 is 34.3. The second-order valence-electron chi connectivity index (χ2n) is 6.23. The molecule has 0 N–H and O–H groups in total. The number of benzene rings is 1. The molecule has 1 aromatic rings. The molecule has 1 aromatic carbocycles. The van der Waals surface area contributed by atoms with Gasteiger partial charge >= 0.3 is 5.97 Å². The summed E-state index contributed by atoms with van der Waals surface area (Å²) in [6.45, 7) is 2.96. The molecule has 136 valence electrons. The first-order chi connectivity index (χ1) is 11.9. The van der Waals surface area contributed by atoms with Crippen molar-refractivity contribution in [1.82, 2.24) is 0 Å². The van der Waals surface area contributed by atoms with Crippen molar-refractivity contribution < 1.29 is 17.9 Å². The molecule has 0 bridgehead atoms. The molecule has 1 fully saturated rings. The average molecular weight is 385 g/mol. The van der Waals surface area contributed by atoms with Crippen LogP contribution in [-0.2, 0) is 14.8 Å². The molecule has 1 saturated heterocycles. The number of hydrogen-bond acceptors (Lipinski definition) is 5. The molecule has 2 aliphatic rings. The Morgan fingerprint density at radius 2 is 2.12 bits per heavy atom. The number of anilines is 1. The van der Waals surface area contributed by atoms with Crippen molar-refractivity contribution in [3.05, 3.63) is 22.7 Å². The van der Waals surface area contributed by atoms with Crippen molar-refractivity contribution >= 4 is 39.1 Å². The van der Waals surface area contributed by atoms with Gasteiger partial charge in [0.2, 0.25) is 0 Å². The second kappa shape index (κ2) is 7.33. The van der Waals surface area contributed by atoms with Gasteiger partial charge in [-0.05, 0) is 31.4 Å². The van der Waals surface area contributed by atoms with Crippen LogP contribution in [0, 0.1) is 0 Å². The van der Waals surface area contributed by atoms with E-state index in [0.717, 1.165) is 32.1 Å². The van der Waals surface area contributed by atoms with Crippen LogP contribution in [0.5, 0.6) is 0 Å². The summed E-state index contributed by atoms with van der Waals surface area (Å²) in [5, 5.41) is 0.195. The fourth-order valence-corrected chi connectivity index (χ4v) is 4.54. The van der Waals surface area contributed by atoms with Crippen molar-refractivity contribution in [2.24, 2.45) is 4.40 Å². The molecule has 8 heteroatoms. The predicted octanol–water partition coefficient (Wildman–Crippen LogP) is 3.78. The van der Waals surface area contributed by atoms with Crippen molar-refractivity contribution in [1.29, 1.82) is 0 Å². The molecular formula is C17H21ClN2O4S. The molecule has 25 heavy (non-hydrogen) atoms. The van der Waals surface area contributed by atoms with Crippen LogP contribution in [0.1, 0.15) is 55.8 Å². The lowest BCUT2D eigenvalue weighted by atomic mass is 10.1. The van der Waals surface area contributed by atoms with Gasteiger partial charge in [-0.3, -0.25) is 0 Å². The highest BCUT2D eigenvalue weighted by Gasteiger charge is 2.33. The zero-order valence-electron chi connectivity index (χ0n) is 14.1. The molecule has 0 saturated carbocycles. The molecule has 0 amide bonds. The Labute approximate surface area is 152 Å². The first kappa shape index (κ1) is 18.2. The Morgan fingerprint density at radius 3 is 2.88 bits per heavy atom. The summed E-state index contributed by atoms with van der Waals surface area (Å²) in [6.07, 6.45) is 5.16. The summed E-state index contributed by atoms with van der Waals surface area (Å²) in [7, 11) is -3.85. The maximum atomic E-state index is 12.6. The Bertz CT molecular complexity index is 820. The van der Waals surface area contributed by atoms with Crippen LogP contribution in [-0.4, -0.2) is 33.4 Å². The molecule has 0 radical (unpaired) electrons. The lowest BCUT2D eigenvalue weighted by Crippen LogP contribution is -2.35. The molecule has 2 aliphatic heterocycles. The maximum absolute atomic E-state index is 12.6. The topological polar surface area (TPSA) is 76.0 Å². The summed E-state index contributed by atoms with van der Waals surface area (Å²) in [5.74, 6) is -0.0542. The lowest BCUT2D eigenvalue weighted by Gasteiger charge is -2.30. The molecule has 0 aromatic heterocycles. The number of rotatable bonds is 4. The highest BCUT2D eigenvalue weighted by atomic mass is 35.5. The molecule has 2 heterocycles. The highest BCUT2D eigenvalue weighted by Crippen LogP contribution is 2.38. The van der Waals surface area contributed by atoms with Gasteiger partial charge in [-0.2, -0.15) is 8.42 Å². The predicted molar refractivity (Wildman–Crippen MR) is 97.1 cm³/mol. The standard InChI is InChI=1S/C17H21ClN2O4S/c1-2-3-9-24-17(21)12-10-15-14(11-13(12)18)20-8-6-4-5-7-16(20)19-25(15,22)23/h10-11H,2-9H2,1H3. The number of nitrogens with zero attached hydrogens (tertiary/aromatic N) is 2. The van der Waals surface area contributed by atoms with E-state index in [4.69, 9.17) is 16.3 Å². The normalized spacial score (nSPS) is 18.6. The highest BCUT2D eigenvalue weighted by molar-refractivity contribution is 7.90. The van der Waals surface area contributed by atoms with E-state index in [1.165, 1.54) is 6.07 Å². The van der Waals surface area contributed by atoms with Gasteiger partial charge in [-0.25, -0.2) is 4.79 Å². The van der Waals surface area contributed by atoms with Crippen LogP contribution in [0.15, 0.2) is 21.4 Å². The largest absolute Gasteiger partial charge is 0.462 e. The SMILES string of the molecule is CCCCOC(=O)c1cc2c(cc1Cl)N1CCCCCC1=NS2(=O)=O. The van der Waals surface area contributed by atoms with Gasteiger partial charge in [0.15, 0.2) is 0 Å². The number of sulfonamides is 1. The second-order valence-corrected chi connectivity index (χ2v) is 8.21. The number of unbranched alkanes of at least 4 members (excludes halogenated alkanes) is 1. The van der Waals surface area contributed by atoms with Crippen LogP contribution >= 0.6 is 11.6 Å². The van der Waals surface area contributed by atoms with Gasteiger partial charge in [0, 0.05) is 13.0 Å². The third kappa shape index (κ3) is 3.67. The van der Waals surface area contributed by atoms with Gasteiger partial charge in [0.25, 0.3) is 10.0 Å². The minimum absolute atomic E-state index is 0.0185. The summed E-state index contributed by atoms with van der Waals surface area (Å²) in [4.78, 5) is 14.1. The van der Waals surface area contributed by atoms with Crippen LogP contribution in [0.3, 0.4) is 0 Å². The van der Waals surface area contributed by atoms with Crippen LogP contribution in [0.2, 0.25) is 5.02 Å². The Balaban J connectivity index is 2.01. The maximum Gasteiger partial charge on any atom is 0.339 e. The van der Waals surface area contributed by atoms with Gasteiger partial charge in [-0.1, -0.05) is 31.4 Å². The Hall–Kier alpha value is -1.60. The molecule has 3 rings (SSSR count). The number of halogens is 1. The van der Waals surface area contributed by atoms with E-state index in [2.05, 4.69) is 4.40 Å². The number of fused-ring (bicyclic) bond motifs is 3. The fourth-order valence-electron chi connectivity index (χ4n) is 3.04. The smallest absolute Gasteiger partial charge is 0.339 e. The van der Waals surface area contributed by atoms with Crippen LogP contribution < -0.4 is 4.90 Å². The fraction of sp³-hybridized carbons (Fsp3) is 0.529. The number of amidine groups is 1. The molecule has 0 spiro atoms. The van der Waals surface area contributed by atoms with Crippen LogP contribution in [0.25, 0.3) is 0 Å². The minimum Gasteiger partial charge on any atom is -0.462 e. The summed E-state index contributed by atoms with van der Waals surface area (Å²) in [5.41, 5.74) is 0.565. The van der Waals surface area contributed by atoms with E-state index < -0.39 is 16.0 Å². The Morgan fingerprint density at radius 1 is 1.32 bits per heavy atom. The minimum atomic E-state index is -3.85. The third-order valence-corrected chi connectivity index (χ3v) is 6.03. The number of carbonyl (C=O) groups excluding carboxylic acids is 1. The van der Waals surface area contributed by atoms with Crippen molar-refractivity contribution in [3.8, 4) is 0 Å². The zero-order chi connectivity index (χ0) is 18.0. The Kier molecular flexibility index (Phi) is 5.34. The van der Waals surface area contributed by atoms with E-state index in [1.807, 2.05) is 11.8 Å². The van der Waals surface area contributed by atoms with E-state index >= 15 is 0 Å². The van der Waals surface area contributed by atoms with Gasteiger partial charge in [-0.15, -0.1) is 4.40 Å². The van der Waals surface area contributed by atoms with Gasteiger partial charge < -0.3 is 9.64 Å². The number of esters is 1. The zero-order valence-corrected chi connectivity index (χ0v) is 15.7. The molecular weight excluding hydrogens is 364 g/mol. The first-order valence-electron chi connectivity index (χ1n) is 8.56. The van der Waals surface area contributed by atoms with Gasteiger partial charge in [0.1, 0.15) is 10.7 Å². The first-order valence-corrected chi connectivity index (χ1v) is 10.4. The van der Waals surface area contributed by atoms with E-state index in [0.29, 0.717) is 24.5 Å². The number of hydrogen-bond donors (Lipinski definition) is 0. The van der Waals surface area contributed by atoms with E-state index in [1.54, 1.807) is 6.07 Å². The van der Waals surface area contributed by atoms with Crippen molar-refractivity contribution in [3.63, 3.8) is 0 Å². The van der Waals surface area contributed by atoms with Crippen molar-refractivity contribution in [2.45, 2.75) is 50.3 Å². The molecule has 0 aliphatic carbocycles. The van der Waals surface area contributed by atoms with Crippen LogP contribution in [0.4, 0.5) is 5.69 Å². The lowest BCUT2D eigenvalue weighted by molar-refractivity contribution is 0.0499. The molecule has 6 nitrogen and oxygen atoms in total. The van der Waals surface area contributed by atoms with Gasteiger partial charge in [0.05, 0.1) is 22.9 Å². The number of ether oxygens (including phenoxy) is 1. The molecule has 0 atom stereocenters. The van der Waals surface area contributed by atoms with E-state index in [9.17, 15) is 13.2 Å². The quantitative estimate of drug-likeness (QED) is 0.583. The van der Waals surface area contributed by atoms with Crippen molar-refractivity contribution in [2.75, 3.05) is 18.1 Å². The van der Waals surface area contributed by atoms with E-state index in [-0.39, 0.29) is 22.1 Å². The summed E-state index contributed by atoms with van der Waals surface area (Å²) >= 11 is 6.27. The number of carbonyl (C=O) groups is 1. The third-order valence-electron chi connectivity index (χ3n) is 4.39. The summed E-state index contributed by atoms with van der Waals surface area (Å²) in [6, 6.07) is 2.84. The monoisotopic (exact) mass is 384 g/mol. The average Bonchev–Trinajstić information content (AvgIpc) is 2.79.